The molecule has 1 fully saturated rings. The molecular weight excluding hydrogens is 600 g/mol. The quantitative estimate of drug-likeness (QED) is 0.185. The van der Waals surface area contributed by atoms with Gasteiger partial charge in [-0.1, -0.05) is 42.5 Å². The van der Waals surface area contributed by atoms with Crippen molar-refractivity contribution in [3.05, 3.63) is 95.9 Å². The standard InChI is InChI=1S/C34H38N8O3S/c1-39(2)26-15-18-41(19-16-26)32(43)22-42(46(44,45)30-8-4-6-24-7-5-17-37-33(24)30)27-13-14-29-28(21-27)38-31(40(29)3)20-23-9-11-25(12-10-23)34(35)36/h4-14,17,21,26H,15-16,18-20,22H2,1-3H3,(H3,35,36). The molecule has 11 nitrogen and oxygen atoms in total. The van der Waals surface area contributed by atoms with Gasteiger partial charge in [0.05, 0.1) is 22.2 Å². The summed E-state index contributed by atoms with van der Waals surface area (Å²) in [5.74, 6) is 0.553. The van der Waals surface area contributed by atoms with Gasteiger partial charge in [-0.2, -0.15) is 0 Å². The fourth-order valence-electron chi connectivity index (χ4n) is 6.11. The normalized spacial score (nSPS) is 14.3. The predicted octanol–water partition coefficient (Wildman–Crippen LogP) is 3.74. The molecule has 46 heavy (non-hydrogen) atoms. The van der Waals surface area contributed by atoms with Crippen LogP contribution in [0.3, 0.4) is 0 Å². The van der Waals surface area contributed by atoms with Gasteiger partial charge in [0, 0.05) is 49.7 Å². The van der Waals surface area contributed by atoms with E-state index in [0.29, 0.717) is 53.2 Å². The molecule has 0 spiro atoms. The molecule has 1 amide bonds. The Hall–Kier alpha value is -4.81. The number of hydrogen-bond acceptors (Lipinski definition) is 7. The summed E-state index contributed by atoms with van der Waals surface area (Å²) in [6.45, 7) is 0.800. The topological polar surface area (TPSA) is 142 Å². The van der Waals surface area contributed by atoms with Crippen LogP contribution in [0.5, 0.6) is 0 Å². The van der Waals surface area contributed by atoms with Crippen LogP contribution in [-0.4, -0.2) is 84.3 Å². The summed E-state index contributed by atoms with van der Waals surface area (Å²) in [5, 5.41) is 8.33. The number of nitrogens with one attached hydrogen (secondary N) is 1. The number of carbonyl (C=O) groups excluding carboxylic acids is 1. The number of rotatable bonds is 9. The highest BCUT2D eigenvalue weighted by Gasteiger charge is 2.32. The van der Waals surface area contributed by atoms with Crippen molar-refractivity contribution in [1.29, 1.82) is 5.41 Å². The maximum absolute atomic E-state index is 14.5. The van der Waals surface area contributed by atoms with Crippen molar-refractivity contribution in [2.24, 2.45) is 12.8 Å². The number of piperidine rings is 1. The first-order chi connectivity index (χ1) is 22.0. The van der Waals surface area contributed by atoms with Crippen LogP contribution in [0.4, 0.5) is 5.69 Å². The molecule has 1 saturated heterocycles. The lowest BCUT2D eigenvalue weighted by molar-refractivity contribution is -0.131. The van der Waals surface area contributed by atoms with Gasteiger partial charge < -0.3 is 20.1 Å². The molecule has 0 unspecified atom stereocenters. The Morgan fingerprint density at radius 3 is 2.43 bits per heavy atom. The number of amides is 1. The van der Waals surface area contributed by atoms with Crippen LogP contribution in [0.2, 0.25) is 0 Å². The molecule has 0 bridgehead atoms. The molecule has 5 aromatic rings. The molecular formula is C34H38N8O3S. The summed E-state index contributed by atoms with van der Waals surface area (Å²) in [5.41, 5.74) is 9.41. The molecule has 1 aliphatic heterocycles. The first-order valence-electron chi connectivity index (χ1n) is 15.2. The third-order valence-corrected chi connectivity index (χ3v) is 10.7. The Labute approximate surface area is 268 Å². The van der Waals surface area contributed by atoms with Crippen LogP contribution in [0.25, 0.3) is 21.9 Å². The minimum Gasteiger partial charge on any atom is -0.384 e. The van der Waals surface area contributed by atoms with Gasteiger partial charge >= 0.3 is 0 Å². The van der Waals surface area contributed by atoms with Gasteiger partial charge in [0.1, 0.15) is 23.1 Å². The van der Waals surface area contributed by atoms with Gasteiger partial charge in [0.2, 0.25) is 5.91 Å². The maximum atomic E-state index is 14.5. The zero-order valence-corrected chi connectivity index (χ0v) is 27.0. The molecule has 3 N–H and O–H groups in total. The zero-order chi connectivity index (χ0) is 32.6. The number of pyridine rings is 1. The van der Waals surface area contributed by atoms with E-state index in [1.807, 2.05) is 68.2 Å². The van der Waals surface area contributed by atoms with Gasteiger partial charge in [-0.15, -0.1) is 0 Å². The van der Waals surface area contributed by atoms with Gasteiger partial charge in [0.25, 0.3) is 10.0 Å². The lowest BCUT2D eigenvalue weighted by Crippen LogP contribution is -2.48. The summed E-state index contributed by atoms with van der Waals surface area (Å²) in [6.07, 6.45) is 3.77. The smallest absolute Gasteiger partial charge is 0.266 e. The molecule has 3 heterocycles. The minimum absolute atomic E-state index is 0.0112. The van der Waals surface area contributed by atoms with Crippen molar-refractivity contribution in [3.63, 3.8) is 0 Å². The molecule has 0 radical (unpaired) electrons. The van der Waals surface area contributed by atoms with Crippen LogP contribution in [0.15, 0.2) is 83.9 Å². The first kappa shape index (κ1) is 31.2. The Balaban J connectivity index is 1.37. The highest BCUT2D eigenvalue weighted by molar-refractivity contribution is 7.93. The molecule has 1 aliphatic rings. The Morgan fingerprint density at radius 2 is 1.74 bits per heavy atom. The largest absolute Gasteiger partial charge is 0.384 e. The summed E-state index contributed by atoms with van der Waals surface area (Å²) in [7, 11) is 1.78. The molecule has 6 rings (SSSR count). The third kappa shape index (κ3) is 6.05. The summed E-state index contributed by atoms with van der Waals surface area (Å²) < 4.78 is 32.2. The molecule has 0 saturated carbocycles. The van der Waals surface area contributed by atoms with E-state index >= 15 is 0 Å². The van der Waals surface area contributed by atoms with Crippen molar-refractivity contribution in [2.45, 2.75) is 30.2 Å². The minimum atomic E-state index is -4.22. The number of aryl methyl sites for hydroxylation is 1. The second-order valence-corrected chi connectivity index (χ2v) is 13.8. The van der Waals surface area contributed by atoms with Crippen molar-refractivity contribution >= 4 is 49.4 Å². The number of carbonyl (C=O) groups is 1. The van der Waals surface area contributed by atoms with Crippen LogP contribution in [0.1, 0.15) is 29.8 Å². The van der Waals surface area contributed by atoms with Crippen LogP contribution in [-0.2, 0) is 28.3 Å². The number of para-hydroxylation sites is 1. The number of nitrogens with zero attached hydrogens (tertiary/aromatic N) is 6. The number of anilines is 1. The number of sulfonamides is 1. The van der Waals surface area contributed by atoms with Crippen molar-refractivity contribution in [1.82, 2.24) is 24.3 Å². The van der Waals surface area contributed by atoms with E-state index in [4.69, 9.17) is 16.1 Å². The lowest BCUT2D eigenvalue weighted by atomic mass is 10.0. The number of imidazole rings is 1. The summed E-state index contributed by atoms with van der Waals surface area (Å²) in [4.78, 5) is 27.0. The number of likely N-dealkylation sites (tertiary alicyclic amines) is 1. The SMILES string of the molecule is CN(C)C1CCN(C(=O)CN(c2ccc3c(c2)nc(Cc2ccc(C(=N)N)cc2)n3C)S(=O)(=O)c2cccc3cccnc23)CC1. The van der Waals surface area contributed by atoms with Crippen molar-refractivity contribution < 1.29 is 13.2 Å². The summed E-state index contributed by atoms with van der Waals surface area (Å²) in [6, 6.07) is 21.8. The number of nitrogens with two attached hydrogens (primary N) is 1. The van der Waals surface area contributed by atoms with Gasteiger partial charge in [0.15, 0.2) is 0 Å². The number of benzene rings is 3. The Bertz CT molecular complexity index is 2030. The number of nitrogen functional groups attached to an aromatic ring is 1. The second kappa shape index (κ2) is 12.5. The van der Waals surface area contributed by atoms with E-state index in [9.17, 15) is 13.2 Å². The van der Waals surface area contributed by atoms with Gasteiger partial charge in [-0.25, -0.2) is 13.4 Å². The molecule has 2 aromatic heterocycles. The van der Waals surface area contributed by atoms with Crippen LogP contribution in [0, 0.1) is 5.41 Å². The average Bonchev–Trinajstić information content (AvgIpc) is 3.36. The number of amidine groups is 1. The highest BCUT2D eigenvalue weighted by atomic mass is 32.2. The highest BCUT2D eigenvalue weighted by Crippen LogP contribution is 2.31. The van der Waals surface area contributed by atoms with E-state index in [1.54, 1.807) is 41.4 Å². The van der Waals surface area contributed by atoms with Crippen LogP contribution >= 0.6 is 0 Å². The molecule has 0 atom stereocenters. The fraction of sp³-hybridized carbons (Fsp3) is 0.294. The average molecular weight is 639 g/mol. The van der Waals surface area contributed by atoms with Gasteiger partial charge in [-0.3, -0.25) is 19.5 Å². The van der Waals surface area contributed by atoms with E-state index in [0.717, 1.165) is 29.7 Å². The molecule has 3 aromatic carbocycles. The predicted molar refractivity (Wildman–Crippen MR) is 181 cm³/mol. The van der Waals surface area contributed by atoms with E-state index < -0.39 is 10.0 Å². The van der Waals surface area contributed by atoms with Gasteiger partial charge in [-0.05, 0) is 62.8 Å². The van der Waals surface area contributed by atoms with Crippen molar-refractivity contribution in [2.75, 3.05) is 38.0 Å². The summed E-state index contributed by atoms with van der Waals surface area (Å²) >= 11 is 0. The molecule has 0 aliphatic carbocycles. The zero-order valence-electron chi connectivity index (χ0n) is 26.2. The Morgan fingerprint density at radius 1 is 1.02 bits per heavy atom. The van der Waals surface area contributed by atoms with E-state index in [-0.39, 0.29) is 23.2 Å². The Kier molecular flexibility index (Phi) is 8.49. The van der Waals surface area contributed by atoms with E-state index in [2.05, 4.69) is 9.88 Å². The monoisotopic (exact) mass is 638 g/mol. The third-order valence-electron chi connectivity index (χ3n) is 8.86. The first-order valence-corrected chi connectivity index (χ1v) is 16.7. The second-order valence-electron chi connectivity index (χ2n) is 12.0. The molecule has 238 valence electrons. The number of aromatic nitrogens is 3. The lowest BCUT2D eigenvalue weighted by Gasteiger charge is -2.36. The van der Waals surface area contributed by atoms with Crippen molar-refractivity contribution in [3.8, 4) is 0 Å². The van der Waals surface area contributed by atoms with Crippen LogP contribution < -0.4 is 10.0 Å². The number of fused-ring (bicyclic) bond motifs is 2. The van der Waals surface area contributed by atoms with E-state index in [1.165, 1.54) is 4.31 Å². The fourth-order valence-corrected chi connectivity index (χ4v) is 7.68. The molecule has 12 heteroatoms. The maximum Gasteiger partial charge on any atom is 0.266 e. The number of hydrogen-bond donors (Lipinski definition) is 2.